The molecule has 1 rings (SSSR count). The van der Waals surface area contributed by atoms with E-state index in [2.05, 4.69) is 19.9 Å². The molecular weight excluding hydrogens is 226 g/mol. The second kappa shape index (κ2) is 6.45. The summed E-state index contributed by atoms with van der Waals surface area (Å²) in [4.78, 5) is 0. The number of ether oxygens (including phenoxy) is 2. The van der Waals surface area contributed by atoms with Gasteiger partial charge in [0.15, 0.2) is 0 Å². The number of rotatable bonds is 5. The third kappa shape index (κ3) is 3.77. The van der Waals surface area contributed by atoms with Gasteiger partial charge in [-0.25, -0.2) is 0 Å². The Morgan fingerprint density at radius 2 is 1.83 bits per heavy atom. The van der Waals surface area contributed by atoms with Crippen molar-refractivity contribution in [2.75, 3.05) is 14.2 Å². The summed E-state index contributed by atoms with van der Waals surface area (Å²) >= 11 is 0. The molecule has 18 heavy (non-hydrogen) atoms. The lowest BCUT2D eigenvalue weighted by Gasteiger charge is -2.15. The van der Waals surface area contributed by atoms with E-state index in [-0.39, 0.29) is 6.04 Å². The lowest BCUT2D eigenvalue weighted by molar-refractivity contribution is 0.397. The maximum absolute atomic E-state index is 5.85. The van der Waals surface area contributed by atoms with Crippen LogP contribution < -0.4 is 15.2 Å². The first kappa shape index (κ1) is 14.6. The average Bonchev–Trinajstić information content (AvgIpc) is 2.29. The van der Waals surface area contributed by atoms with E-state index in [1.165, 1.54) is 5.57 Å². The van der Waals surface area contributed by atoms with E-state index in [0.717, 1.165) is 29.0 Å². The van der Waals surface area contributed by atoms with Crippen LogP contribution in [0.4, 0.5) is 0 Å². The van der Waals surface area contributed by atoms with Crippen molar-refractivity contribution in [3.8, 4) is 11.5 Å². The van der Waals surface area contributed by atoms with Gasteiger partial charge >= 0.3 is 0 Å². The average molecular weight is 249 g/mol. The zero-order valence-electron chi connectivity index (χ0n) is 11.9. The van der Waals surface area contributed by atoms with Crippen LogP contribution in [0.5, 0.6) is 11.5 Å². The van der Waals surface area contributed by atoms with Gasteiger partial charge in [-0.1, -0.05) is 11.6 Å². The number of allylic oxidation sites excluding steroid dienone is 1. The molecule has 0 spiro atoms. The molecule has 0 aliphatic heterocycles. The molecule has 0 saturated heterocycles. The van der Waals surface area contributed by atoms with Crippen LogP contribution in [0.1, 0.15) is 31.9 Å². The first-order chi connectivity index (χ1) is 8.47. The zero-order chi connectivity index (χ0) is 13.7. The third-order valence-electron chi connectivity index (χ3n) is 2.62. The Bertz CT molecular complexity index is 432. The lowest BCUT2D eigenvalue weighted by Crippen LogP contribution is -2.18. The second-order valence-corrected chi connectivity index (χ2v) is 4.81. The van der Waals surface area contributed by atoms with Gasteiger partial charge in [0.05, 0.1) is 14.2 Å². The highest BCUT2D eigenvalue weighted by atomic mass is 16.5. The molecule has 0 fully saturated rings. The smallest absolute Gasteiger partial charge is 0.126 e. The van der Waals surface area contributed by atoms with Crippen molar-refractivity contribution < 1.29 is 9.47 Å². The third-order valence-corrected chi connectivity index (χ3v) is 2.62. The maximum Gasteiger partial charge on any atom is 0.126 e. The van der Waals surface area contributed by atoms with Gasteiger partial charge in [-0.05, 0) is 44.9 Å². The van der Waals surface area contributed by atoms with Gasteiger partial charge < -0.3 is 15.2 Å². The number of methoxy groups -OCH3 is 2. The summed E-state index contributed by atoms with van der Waals surface area (Å²) in [5.74, 6) is 1.72. The highest BCUT2D eigenvalue weighted by molar-refractivity contribution is 5.63. The molecule has 1 unspecified atom stereocenters. The van der Waals surface area contributed by atoms with E-state index in [4.69, 9.17) is 15.2 Å². The van der Waals surface area contributed by atoms with E-state index >= 15 is 0 Å². The lowest BCUT2D eigenvalue weighted by atomic mass is 10.0. The quantitative estimate of drug-likeness (QED) is 0.872. The van der Waals surface area contributed by atoms with E-state index in [0.29, 0.717) is 0 Å². The zero-order valence-corrected chi connectivity index (χ0v) is 11.9. The summed E-state index contributed by atoms with van der Waals surface area (Å²) in [7, 11) is 3.36. The summed E-state index contributed by atoms with van der Waals surface area (Å²) in [6.45, 7) is 6.10. The van der Waals surface area contributed by atoms with Crippen molar-refractivity contribution in [3.05, 3.63) is 28.8 Å². The molecule has 1 aromatic rings. The van der Waals surface area contributed by atoms with Gasteiger partial charge in [0.25, 0.3) is 0 Å². The molecule has 0 heterocycles. The van der Waals surface area contributed by atoms with Gasteiger partial charge in [-0.15, -0.1) is 0 Å². The molecule has 3 heteroatoms. The van der Waals surface area contributed by atoms with Crippen molar-refractivity contribution in [2.45, 2.75) is 33.2 Å². The van der Waals surface area contributed by atoms with E-state index in [9.17, 15) is 0 Å². The Morgan fingerprint density at radius 1 is 1.22 bits per heavy atom. The summed E-state index contributed by atoms with van der Waals surface area (Å²) in [5.41, 5.74) is 9.18. The van der Waals surface area contributed by atoms with Crippen LogP contribution in [0.15, 0.2) is 17.7 Å². The fourth-order valence-electron chi connectivity index (χ4n) is 1.91. The molecule has 1 atom stereocenters. The Hall–Kier alpha value is -1.48. The van der Waals surface area contributed by atoms with Gasteiger partial charge in [0, 0.05) is 11.6 Å². The molecule has 0 aliphatic rings. The number of hydrogen-bond donors (Lipinski definition) is 1. The Morgan fingerprint density at radius 3 is 2.28 bits per heavy atom. The Balaban J connectivity index is 3.27. The van der Waals surface area contributed by atoms with Gasteiger partial charge in [0.1, 0.15) is 11.5 Å². The highest BCUT2D eigenvalue weighted by Crippen LogP contribution is 2.31. The fourth-order valence-corrected chi connectivity index (χ4v) is 1.91. The van der Waals surface area contributed by atoms with Gasteiger partial charge in [-0.2, -0.15) is 0 Å². The molecule has 1 aromatic carbocycles. The first-order valence-electron chi connectivity index (χ1n) is 6.13. The minimum atomic E-state index is 0.0953. The molecule has 0 amide bonds. The maximum atomic E-state index is 5.85. The monoisotopic (exact) mass is 249 g/mol. The van der Waals surface area contributed by atoms with E-state index in [1.54, 1.807) is 14.2 Å². The first-order valence-corrected chi connectivity index (χ1v) is 6.13. The van der Waals surface area contributed by atoms with Crippen molar-refractivity contribution in [2.24, 2.45) is 5.73 Å². The standard InChI is InChI=1S/C15H23NO2/c1-10(2)6-12-8-15(18-5)13(7-11(3)16)9-14(12)17-4/h6,8-9,11H,7,16H2,1-5H3. The molecule has 100 valence electrons. The van der Waals surface area contributed by atoms with Gasteiger partial charge in [-0.3, -0.25) is 0 Å². The molecule has 0 saturated carbocycles. The number of hydrogen-bond acceptors (Lipinski definition) is 3. The van der Waals surface area contributed by atoms with Crippen LogP contribution in [0.3, 0.4) is 0 Å². The van der Waals surface area contributed by atoms with Crippen molar-refractivity contribution in [3.63, 3.8) is 0 Å². The molecule has 0 bridgehead atoms. The minimum absolute atomic E-state index is 0.0953. The fraction of sp³-hybridized carbons (Fsp3) is 0.467. The summed E-state index contributed by atoms with van der Waals surface area (Å²) in [5, 5.41) is 0. The Kier molecular flexibility index (Phi) is 5.23. The molecule has 3 nitrogen and oxygen atoms in total. The van der Waals surface area contributed by atoms with Crippen molar-refractivity contribution in [1.82, 2.24) is 0 Å². The molecule has 0 aliphatic carbocycles. The van der Waals surface area contributed by atoms with Crippen molar-refractivity contribution in [1.29, 1.82) is 0 Å². The molecular formula is C15H23NO2. The Labute approximate surface area is 110 Å². The van der Waals surface area contributed by atoms with Crippen LogP contribution in [0.2, 0.25) is 0 Å². The van der Waals surface area contributed by atoms with E-state index < -0.39 is 0 Å². The largest absolute Gasteiger partial charge is 0.496 e. The van der Waals surface area contributed by atoms with Crippen LogP contribution >= 0.6 is 0 Å². The van der Waals surface area contributed by atoms with Crippen LogP contribution in [0, 0.1) is 0 Å². The van der Waals surface area contributed by atoms with Crippen molar-refractivity contribution >= 4 is 6.08 Å². The summed E-state index contributed by atoms with van der Waals surface area (Å²) in [6, 6.07) is 4.11. The van der Waals surface area contributed by atoms with Crippen LogP contribution in [-0.4, -0.2) is 20.3 Å². The van der Waals surface area contributed by atoms with E-state index in [1.807, 2.05) is 19.1 Å². The molecule has 0 radical (unpaired) electrons. The minimum Gasteiger partial charge on any atom is -0.496 e. The van der Waals surface area contributed by atoms with Gasteiger partial charge in [0.2, 0.25) is 0 Å². The second-order valence-electron chi connectivity index (χ2n) is 4.81. The topological polar surface area (TPSA) is 44.5 Å². The SMILES string of the molecule is COc1cc(CC(C)N)c(OC)cc1C=C(C)C. The molecule has 0 aromatic heterocycles. The predicted octanol–water partition coefficient (Wildman–Crippen LogP) is 3.02. The molecule has 2 N–H and O–H groups in total. The normalized spacial score (nSPS) is 11.9. The predicted molar refractivity (Wildman–Crippen MR) is 76.2 cm³/mol. The van der Waals surface area contributed by atoms with Crippen LogP contribution in [-0.2, 0) is 6.42 Å². The van der Waals surface area contributed by atoms with Crippen LogP contribution in [0.25, 0.3) is 6.08 Å². The number of nitrogens with two attached hydrogens (primary N) is 1. The summed E-state index contributed by atoms with van der Waals surface area (Å²) in [6.07, 6.45) is 2.85. The highest BCUT2D eigenvalue weighted by Gasteiger charge is 2.11. The number of benzene rings is 1. The summed E-state index contributed by atoms with van der Waals surface area (Å²) < 4.78 is 10.9.